The summed E-state index contributed by atoms with van der Waals surface area (Å²) in [6.45, 7) is 0. The van der Waals surface area contributed by atoms with Crippen molar-refractivity contribution >= 4 is 73.1 Å². The van der Waals surface area contributed by atoms with Crippen LogP contribution in [0.5, 0.6) is 11.5 Å². The molecule has 5 rings (SSSR count). The molecule has 1 unspecified atom stereocenters. The normalized spacial score (nSPS) is 15.2. The predicted molar refractivity (Wildman–Crippen MR) is 151 cm³/mol. The first kappa shape index (κ1) is 24.2. The van der Waals surface area contributed by atoms with Crippen molar-refractivity contribution in [1.82, 2.24) is 4.98 Å². The number of halogens is 2. The molecule has 1 aliphatic rings. The summed E-state index contributed by atoms with van der Waals surface area (Å²) in [7, 11) is 3.31. The maximum atomic E-state index is 5.56. The zero-order valence-corrected chi connectivity index (χ0v) is 23.4. The van der Waals surface area contributed by atoms with Crippen molar-refractivity contribution in [3.63, 3.8) is 0 Å². The smallest absolute Gasteiger partial charge is 0.207 e. The van der Waals surface area contributed by atoms with Gasteiger partial charge >= 0.3 is 0 Å². The van der Waals surface area contributed by atoms with Crippen LogP contribution in [-0.2, 0) is 0 Å². The monoisotopic (exact) mass is 653 g/mol. The summed E-state index contributed by atoms with van der Waals surface area (Å²) in [5.41, 5.74) is 4.26. The molecular formula is C24H21BrIN3O2S2. The highest BCUT2D eigenvalue weighted by Crippen LogP contribution is 2.42. The van der Waals surface area contributed by atoms with Crippen molar-refractivity contribution in [2.75, 3.05) is 19.2 Å². The molecule has 4 aromatic rings. The number of benzene rings is 2. The molecule has 0 N–H and O–H groups in total. The largest absolute Gasteiger partial charge is 0.493 e. The number of thiazole rings is 1. The highest BCUT2D eigenvalue weighted by atomic mass is 127. The summed E-state index contributed by atoms with van der Waals surface area (Å²) < 4.78 is 12.2. The third-order valence-electron chi connectivity index (χ3n) is 5.34. The number of hydrogen-bond donors (Lipinski definition) is 0. The van der Waals surface area contributed by atoms with Crippen LogP contribution in [0.25, 0.3) is 11.3 Å². The zero-order chi connectivity index (χ0) is 22.1. The number of nitrogens with zero attached hydrogens (tertiary/aromatic N) is 3. The van der Waals surface area contributed by atoms with Crippen LogP contribution >= 0.6 is 62.2 Å². The molecule has 0 aliphatic carbocycles. The van der Waals surface area contributed by atoms with Crippen molar-refractivity contribution in [2.45, 2.75) is 12.5 Å². The maximum Gasteiger partial charge on any atom is 0.207 e. The van der Waals surface area contributed by atoms with E-state index < -0.39 is 0 Å². The van der Waals surface area contributed by atoms with E-state index >= 15 is 0 Å². The molecule has 0 spiro atoms. The van der Waals surface area contributed by atoms with Crippen molar-refractivity contribution in [1.29, 1.82) is 0 Å². The average molecular weight is 654 g/mol. The van der Waals surface area contributed by atoms with Crippen LogP contribution < -0.4 is 14.5 Å². The van der Waals surface area contributed by atoms with E-state index in [0.717, 1.165) is 39.8 Å². The van der Waals surface area contributed by atoms with E-state index in [9.17, 15) is 0 Å². The van der Waals surface area contributed by atoms with Crippen LogP contribution in [-0.4, -0.2) is 24.9 Å². The Balaban J connectivity index is 0.00000259. The quantitative estimate of drug-likeness (QED) is 0.203. The molecule has 170 valence electrons. The molecule has 0 saturated carbocycles. The summed E-state index contributed by atoms with van der Waals surface area (Å²) in [5, 5.41) is 12.1. The van der Waals surface area contributed by atoms with E-state index in [-0.39, 0.29) is 23.0 Å². The lowest BCUT2D eigenvalue weighted by atomic mass is 10.0. The highest BCUT2D eigenvalue weighted by molar-refractivity contribution is 14.1. The number of ether oxygens (including phenoxy) is 2. The number of hydrogen-bond acceptors (Lipinski definition) is 7. The number of thiophene rings is 1. The molecule has 0 fully saturated rings. The van der Waals surface area contributed by atoms with Gasteiger partial charge in [-0.1, -0.05) is 24.3 Å². The number of aromatic nitrogens is 1. The van der Waals surface area contributed by atoms with Gasteiger partial charge in [0.2, 0.25) is 5.13 Å². The lowest BCUT2D eigenvalue weighted by Crippen LogP contribution is -2.18. The second kappa shape index (κ2) is 10.5. The van der Waals surface area contributed by atoms with Crippen LogP contribution in [0, 0.1) is 3.57 Å². The van der Waals surface area contributed by atoms with Crippen molar-refractivity contribution in [2.24, 2.45) is 5.10 Å². The van der Waals surface area contributed by atoms with Gasteiger partial charge in [0.1, 0.15) is 0 Å². The molecule has 3 heterocycles. The van der Waals surface area contributed by atoms with E-state index in [4.69, 9.17) is 19.6 Å². The molecule has 2 aromatic carbocycles. The summed E-state index contributed by atoms with van der Waals surface area (Å²) in [4.78, 5) is 6.13. The van der Waals surface area contributed by atoms with Crippen LogP contribution in [0.15, 0.2) is 70.5 Å². The lowest BCUT2D eigenvalue weighted by molar-refractivity contribution is 0.354. The third kappa shape index (κ3) is 4.96. The molecule has 0 radical (unpaired) electrons. The Morgan fingerprint density at radius 1 is 1.00 bits per heavy atom. The fourth-order valence-electron chi connectivity index (χ4n) is 3.72. The summed E-state index contributed by atoms with van der Waals surface area (Å²) in [6, 6.07) is 18.7. The number of rotatable bonds is 6. The molecule has 0 amide bonds. The molecule has 2 aromatic heterocycles. The number of anilines is 1. The molecular weight excluding hydrogens is 633 g/mol. The Hall–Kier alpha value is -1.95. The van der Waals surface area contributed by atoms with Gasteiger partial charge in [0.05, 0.1) is 36.5 Å². The Labute approximate surface area is 225 Å². The summed E-state index contributed by atoms with van der Waals surface area (Å²) >= 11 is 5.64. The van der Waals surface area contributed by atoms with Crippen LogP contribution in [0.3, 0.4) is 0 Å². The van der Waals surface area contributed by atoms with Gasteiger partial charge in [-0.25, -0.2) is 9.99 Å². The average Bonchev–Trinajstić information content (AvgIpc) is 3.59. The number of hydrazone groups is 1. The minimum absolute atomic E-state index is 0. The minimum Gasteiger partial charge on any atom is -0.493 e. The van der Waals surface area contributed by atoms with Gasteiger partial charge in [0, 0.05) is 20.9 Å². The zero-order valence-electron chi connectivity index (χ0n) is 17.9. The molecule has 1 aliphatic heterocycles. The first-order chi connectivity index (χ1) is 15.7. The van der Waals surface area contributed by atoms with Gasteiger partial charge in [-0.3, -0.25) is 0 Å². The van der Waals surface area contributed by atoms with Crippen molar-refractivity contribution < 1.29 is 9.47 Å². The first-order valence-electron chi connectivity index (χ1n) is 10.00. The van der Waals surface area contributed by atoms with Crippen molar-refractivity contribution in [3.05, 3.63) is 79.4 Å². The van der Waals surface area contributed by atoms with Crippen LogP contribution in [0.1, 0.15) is 22.9 Å². The van der Waals surface area contributed by atoms with Crippen molar-refractivity contribution in [3.8, 4) is 22.8 Å². The van der Waals surface area contributed by atoms with Crippen LogP contribution in [0.2, 0.25) is 0 Å². The second-order valence-electron chi connectivity index (χ2n) is 7.23. The molecule has 5 nitrogen and oxygen atoms in total. The number of methoxy groups -OCH3 is 2. The van der Waals surface area contributed by atoms with Gasteiger partial charge in [-0.2, -0.15) is 5.10 Å². The van der Waals surface area contributed by atoms with E-state index in [1.807, 2.05) is 12.1 Å². The van der Waals surface area contributed by atoms with Gasteiger partial charge in [-0.15, -0.1) is 39.7 Å². The van der Waals surface area contributed by atoms with Gasteiger partial charge in [0.25, 0.3) is 0 Å². The Morgan fingerprint density at radius 3 is 2.48 bits per heavy atom. The molecule has 0 saturated heterocycles. The molecule has 33 heavy (non-hydrogen) atoms. The molecule has 9 heteroatoms. The van der Waals surface area contributed by atoms with E-state index in [1.165, 1.54) is 8.45 Å². The van der Waals surface area contributed by atoms with E-state index in [0.29, 0.717) is 5.75 Å². The minimum atomic E-state index is 0. The highest BCUT2D eigenvalue weighted by Gasteiger charge is 2.32. The Kier molecular flexibility index (Phi) is 7.72. The molecule has 0 bridgehead atoms. The van der Waals surface area contributed by atoms with Gasteiger partial charge < -0.3 is 9.47 Å². The second-order valence-corrected chi connectivity index (χ2v) is 10.3. The lowest BCUT2D eigenvalue weighted by Gasteiger charge is -2.22. The fourth-order valence-corrected chi connectivity index (χ4v) is 5.63. The standard InChI is InChI=1S/C24H20IN3O2S2.BrH/c1-29-21-10-7-16(12-22(21)30-2)20-13-18(23-4-3-11-31-23)27-28(20)24-26-19(14-32-24)15-5-8-17(25)9-6-15;/h3-12,14,20H,13H2,1-2H3;1H. The van der Waals surface area contributed by atoms with Crippen LogP contribution in [0.4, 0.5) is 5.13 Å². The fraction of sp³-hybridized carbons (Fsp3) is 0.167. The first-order valence-corrected chi connectivity index (χ1v) is 12.8. The Morgan fingerprint density at radius 2 is 1.79 bits per heavy atom. The predicted octanol–water partition coefficient (Wildman–Crippen LogP) is 7.43. The Bertz CT molecular complexity index is 1260. The van der Waals surface area contributed by atoms with E-state index in [2.05, 4.69) is 80.8 Å². The maximum absolute atomic E-state index is 5.56. The van der Waals surface area contributed by atoms with E-state index in [1.54, 1.807) is 36.9 Å². The van der Waals surface area contributed by atoms with Gasteiger partial charge in [-0.05, 0) is 63.9 Å². The van der Waals surface area contributed by atoms with Gasteiger partial charge in [0.15, 0.2) is 11.5 Å². The summed E-state index contributed by atoms with van der Waals surface area (Å²) in [6.07, 6.45) is 0.800. The third-order valence-corrected chi connectivity index (χ3v) is 7.80. The summed E-state index contributed by atoms with van der Waals surface area (Å²) in [5.74, 6) is 1.43. The molecule has 1 atom stereocenters. The topological polar surface area (TPSA) is 47.0 Å². The SMILES string of the molecule is Br.COc1ccc(C2CC(c3cccs3)=NN2c2nc(-c3ccc(I)cc3)cs2)cc1OC.